The van der Waals surface area contributed by atoms with Crippen molar-refractivity contribution in [3.63, 3.8) is 0 Å². The number of anilines is 1. The third-order valence-corrected chi connectivity index (χ3v) is 15.6. The van der Waals surface area contributed by atoms with Crippen LogP contribution < -0.4 is 31.9 Å². The minimum absolute atomic E-state index is 0.00234. The lowest BCUT2D eigenvalue weighted by molar-refractivity contribution is -0.147. The van der Waals surface area contributed by atoms with Crippen LogP contribution in [0.4, 0.5) is 5.69 Å². The van der Waals surface area contributed by atoms with Gasteiger partial charge < -0.3 is 46.5 Å². The van der Waals surface area contributed by atoms with Gasteiger partial charge in [0.25, 0.3) is 5.91 Å². The van der Waals surface area contributed by atoms with Crippen molar-refractivity contribution in [1.29, 1.82) is 0 Å². The van der Waals surface area contributed by atoms with Gasteiger partial charge in [0, 0.05) is 54.9 Å². The lowest BCUT2D eigenvalue weighted by atomic mass is 9.78. The number of carbonyl (C=O) groups excluding carboxylic acids is 7. The Bertz CT molecular complexity index is 3200. The number of para-hydroxylation sites is 2. The summed E-state index contributed by atoms with van der Waals surface area (Å²) in [6.07, 6.45) is 2.10. The van der Waals surface area contributed by atoms with E-state index in [0.29, 0.717) is 23.2 Å². The Morgan fingerprint density at radius 3 is 2.01 bits per heavy atom. The van der Waals surface area contributed by atoms with Gasteiger partial charge in [-0.1, -0.05) is 109 Å². The maximum atomic E-state index is 15.4. The highest BCUT2D eigenvalue weighted by Gasteiger charge is 2.68. The Labute approximate surface area is 427 Å². The number of aromatic hydroxyl groups is 1. The molecule has 6 aromatic rings. The number of hydrogen-bond acceptors (Lipinski definition) is 9. The monoisotopic (exact) mass is 995 g/mol. The Morgan fingerprint density at radius 2 is 1.27 bits per heavy atom. The van der Waals surface area contributed by atoms with E-state index >= 15 is 9.59 Å². The van der Waals surface area contributed by atoms with Gasteiger partial charge in [0.05, 0.1) is 11.7 Å². The van der Waals surface area contributed by atoms with Crippen molar-refractivity contribution < 1.29 is 38.7 Å². The number of nitrogens with one attached hydrogen (secondary N) is 4. The second kappa shape index (κ2) is 19.3. The first-order chi connectivity index (χ1) is 35.8. The van der Waals surface area contributed by atoms with Gasteiger partial charge in [0.1, 0.15) is 53.7 Å². The molecule has 1 aromatic heterocycles. The molecule has 74 heavy (non-hydrogen) atoms. The van der Waals surface area contributed by atoms with Crippen LogP contribution in [-0.4, -0.2) is 116 Å². The van der Waals surface area contributed by atoms with Gasteiger partial charge in [0.2, 0.25) is 35.4 Å². The minimum atomic E-state index is -1.26. The Kier molecular flexibility index (Phi) is 12.5. The van der Waals surface area contributed by atoms with E-state index in [0.717, 1.165) is 27.6 Å². The third-order valence-electron chi connectivity index (χ3n) is 15.6. The summed E-state index contributed by atoms with van der Waals surface area (Å²) in [4.78, 5) is 108. The first kappa shape index (κ1) is 48.0. The van der Waals surface area contributed by atoms with E-state index in [2.05, 4.69) is 25.8 Å². The smallest absolute Gasteiger partial charge is 0.252 e. The van der Waals surface area contributed by atoms with E-state index in [9.17, 15) is 29.1 Å². The molecule has 7 amide bonds. The quantitative estimate of drug-likeness (QED) is 0.144. The third kappa shape index (κ3) is 8.39. The van der Waals surface area contributed by atoms with Gasteiger partial charge in [-0.2, -0.15) is 0 Å². The number of aromatic nitrogens is 1. The van der Waals surface area contributed by atoms with Gasteiger partial charge in [-0.25, -0.2) is 0 Å². The maximum absolute atomic E-state index is 15.4. The standard InChI is InChI=1S/C57H57N9O8/c1-33-49(68)62-44-31-57(40-18-9-11-20-46(40)65-55(74)48(66(54(44)73)56(57)65)29-35-15-6-3-7-16-35)64-32-37(39-17-8-10-19-45(39)64)30-41(58)50(69)61-43(28-34-13-4-2-5-14-34)53(72)63-26-12-21-47(63)52(71)60-42(51(70)59-33)27-36-22-24-38(67)25-23-36/h2-11,13-20,22-25,32-33,41-44,47-48,56,67H,12,21,26-31,58H2,1H3,(H,59,70)(H,60,71)(H,61,69)(H,62,68)/t33-,41?,42-,43-,44-,47-,48-,56?,57+/m0/s1. The molecule has 3 saturated heterocycles. The molecule has 3 fully saturated rings. The molecule has 0 aliphatic carbocycles. The van der Waals surface area contributed by atoms with E-state index in [1.54, 1.807) is 21.9 Å². The summed E-state index contributed by atoms with van der Waals surface area (Å²) in [5.41, 5.74) is 10.7. The molecular formula is C57H57N9O8. The number of benzene rings is 5. The van der Waals surface area contributed by atoms with Gasteiger partial charge in [-0.05, 0) is 72.7 Å². The van der Waals surface area contributed by atoms with E-state index in [4.69, 9.17) is 5.73 Å². The molecule has 1 spiro atoms. The molecule has 17 nitrogen and oxygen atoms in total. The summed E-state index contributed by atoms with van der Waals surface area (Å²) >= 11 is 0. The number of piperidine rings is 1. The molecule has 378 valence electrons. The highest BCUT2D eigenvalue weighted by Crippen LogP contribution is 2.57. The zero-order chi connectivity index (χ0) is 51.4. The van der Waals surface area contributed by atoms with Crippen LogP contribution in [0.15, 0.2) is 140 Å². The molecular weight excluding hydrogens is 939 g/mol. The highest BCUT2D eigenvalue weighted by atomic mass is 16.3. The number of carbonyl (C=O) groups is 7. The summed E-state index contributed by atoms with van der Waals surface area (Å²) in [6.45, 7) is 1.71. The molecule has 4 bridgehead atoms. The van der Waals surface area contributed by atoms with Gasteiger partial charge in [-0.3, -0.25) is 38.5 Å². The second-order valence-corrected chi connectivity index (χ2v) is 20.2. The molecule has 11 rings (SSSR count). The summed E-state index contributed by atoms with van der Waals surface area (Å²) in [5.74, 6) is -3.80. The molecule has 17 heteroatoms. The van der Waals surface area contributed by atoms with Gasteiger partial charge in [0.15, 0.2) is 0 Å². The number of phenolic OH excluding ortho intramolecular Hbond substituents is 1. The van der Waals surface area contributed by atoms with Crippen LogP contribution >= 0.6 is 0 Å². The van der Waals surface area contributed by atoms with Crippen molar-refractivity contribution in [3.05, 3.63) is 167 Å². The van der Waals surface area contributed by atoms with Crippen LogP contribution in [0.5, 0.6) is 5.75 Å². The highest BCUT2D eigenvalue weighted by molar-refractivity contribution is 6.08. The SMILES string of the molecule is C[C@@H]1NC(=O)[C@H](Cc2ccc(O)cc2)NC(=O)[C@@H]2CCCN2C(=O)[C@H](Cc2ccccc2)NC(=O)C(N)Cc2cn(c3ccccc23)[C@@]23C[C@H](NC1=O)C(=O)N1C2N(C(=O)[C@@H]1Cc1ccccc1)c1ccccc13. The summed E-state index contributed by atoms with van der Waals surface area (Å²) in [5, 5.41) is 22.5. The number of nitrogens with zero attached hydrogens (tertiary/aromatic N) is 4. The lowest BCUT2D eigenvalue weighted by Gasteiger charge is -2.49. The van der Waals surface area contributed by atoms with E-state index in [1.165, 1.54) is 24.0 Å². The van der Waals surface area contributed by atoms with Crippen molar-refractivity contribution >= 4 is 57.9 Å². The fourth-order valence-corrected chi connectivity index (χ4v) is 12.1. The summed E-state index contributed by atoms with van der Waals surface area (Å²) in [6, 6.07) is 32.1. The first-order valence-electron chi connectivity index (χ1n) is 25.3. The Morgan fingerprint density at radius 1 is 0.635 bits per heavy atom. The zero-order valence-electron chi connectivity index (χ0n) is 40.7. The fraction of sp³-hybridized carbons (Fsp3) is 0.316. The molecule has 6 heterocycles. The Hall–Kier alpha value is -8.31. The molecule has 9 atom stereocenters. The van der Waals surface area contributed by atoms with Crippen LogP contribution in [0.1, 0.15) is 54.0 Å². The lowest BCUT2D eigenvalue weighted by Crippen LogP contribution is -2.68. The average Bonchev–Trinajstić information content (AvgIpc) is 4.18. The maximum Gasteiger partial charge on any atom is 0.252 e. The van der Waals surface area contributed by atoms with Gasteiger partial charge >= 0.3 is 0 Å². The van der Waals surface area contributed by atoms with Crippen LogP contribution in [0.2, 0.25) is 0 Å². The topological polar surface area (TPSA) is 229 Å². The molecule has 2 unspecified atom stereocenters. The van der Waals surface area contributed by atoms with E-state index in [-0.39, 0.29) is 56.7 Å². The fourth-order valence-electron chi connectivity index (χ4n) is 12.1. The normalized spacial score (nSPS) is 27.3. The van der Waals surface area contributed by atoms with Crippen molar-refractivity contribution in [2.75, 3.05) is 11.4 Å². The van der Waals surface area contributed by atoms with E-state index < -0.39 is 89.4 Å². The van der Waals surface area contributed by atoms with Gasteiger partial charge in [-0.15, -0.1) is 0 Å². The number of phenols is 1. The number of rotatable bonds is 6. The van der Waals surface area contributed by atoms with Crippen LogP contribution in [-0.2, 0) is 64.8 Å². The predicted molar refractivity (Wildman–Crippen MR) is 274 cm³/mol. The number of fused-ring (bicyclic) bond motifs is 9. The van der Waals surface area contributed by atoms with Crippen molar-refractivity contribution in [2.24, 2.45) is 5.73 Å². The number of hydrogen-bond donors (Lipinski definition) is 6. The Balaban J connectivity index is 1.04. The van der Waals surface area contributed by atoms with Crippen LogP contribution in [0.25, 0.3) is 10.9 Å². The summed E-state index contributed by atoms with van der Waals surface area (Å²) < 4.78 is 2.08. The average molecular weight is 996 g/mol. The van der Waals surface area contributed by atoms with Crippen molar-refractivity contribution in [2.45, 2.75) is 106 Å². The second-order valence-electron chi connectivity index (χ2n) is 20.2. The minimum Gasteiger partial charge on any atom is -0.508 e. The first-order valence-corrected chi connectivity index (χ1v) is 25.3. The van der Waals surface area contributed by atoms with Crippen LogP contribution in [0.3, 0.4) is 0 Å². The molecule has 7 N–H and O–H groups in total. The largest absolute Gasteiger partial charge is 0.508 e. The molecule has 5 aliphatic rings. The zero-order valence-corrected chi connectivity index (χ0v) is 40.7. The van der Waals surface area contributed by atoms with Crippen molar-refractivity contribution in [3.8, 4) is 5.75 Å². The van der Waals surface area contributed by atoms with Crippen molar-refractivity contribution in [1.82, 2.24) is 35.6 Å². The predicted octanol–water partition coefficient (Wildman–Crippen LogP) is 2.94. The van der Waals surface area contributed by atoms with Crippen LogP contribution in [0, 0.1) is 0 Å². The molecule has 0 saturated carbocycles. The molecule has 0 radical (unpaired) electrons. The number of nitrogens with two attached hydrogens (primary N) is 1. The van der Waals surface area contributed by atoms with E-state index in [1.807, 2.05) is 115 Å². The molecule has 5 aliphatic heterocycles. The molecule has 5 aromatic carbocycles. The number of amides is 7. The summed E-state index contributed by atoms with van der Waals surface area (Å²) in [7, 11) is 0.